The van der Waals surface area contributed by atoms with Crippen molar-refractivity contribution in [2.24, 2.45) is 0 Å². The molecule has 0 bridgehead atoms. The normalized spacial score (nSPS) is 15.3. The van der Waals surface area contributed by atoms with Crippen molar-refractivity contribution < 1.29 is 14.7 Å². The van der Waals surface area contributed by atoms with Crippen molar-refractivity contribution in [2.45, 2.75) is 13.8 Å². The Morgan fingerprint density at radius 3 is 2.50 bits per heavy atom. The number of nitrogens with zero attached hydrogens (tertiary/aromatic N) is 3. The molecule has 2 aromatic rings. The molecule has 0 atom stereocenters. The Bertz CT molecular complexity index is 907. The SMILES string of the molecule is CC(=O)N1CCN(c2ccc(C=Cc3csc(/C(C)=C/C(=O)O)c3)nc2)CC1. The molecule has 28 heavy (non-hydrogen) atoms. The van der Waals surface area contributed by atoms with E-state index in [0.717, 1.165) is 53.6 Å². The minimum Gasteiger partial charge on any atom is -0.478 e. The number of hydrogen-bond donors (Lipinski definition) is 1. The third kappa shape index (κ3) is 5.07. The van der Waals surface area contributed by atoms with E-state index in [-0.39, 0.29) is 5.91 Å². The van der Waals surface area contributed by atoms with Gasteiger partial charge in [0.05, 0.1) is 17.6 Å². The number of aliphatic carboxylic acids is 1. The van der Waals surface area contributed by atoms with Gasteiger partial charge in [0.1, 0.15) is 0 Å². The molecule has 6 nitrogen and oxygen atoms in total. The largest absolute Gasteiger partial charge is 0.478 e. The van der Waals surface area contributed by atoms with Crippen LogP contribution < -0.4 is 4.90 Å². The van der Waals surface area contributed by atoms with Gasteiger partial charge in [0.15, 0.2) is 0 Å². The molecular formula is C21H23N3O3S. The number of aromatic nitrogens is 1. The number of carboxylic acids is 1. The van der Waals surface area contributed by atoms with E-state index < -0.39 is 5.97 Å². The maximum atomic E-state index is 11.4. The van der Waals surface area contributed by atoms with Gasteiger partial charge < -0.3 is 14.9 Å². The van der Waals surface area contributed by atoms with Crippen molar-refractivity contribution in [3.05, 3.63) is 52.0 Å². The van der Waals surface area contributed by atoms with Crippen LogP contribution in [0.4, 0.5) is 5.69 Å². The minimum absolute atomic E-state index is 0.128. The van der Waals surface area contributed by atoms with Crippen LogP contribution in [0.15, 0.2) is 35.9 Å². The third-order valence-corrected chi connectivity index (χ3v) is 5.74. The molecule has 7 heteroatoms. The lowest BCUT2D eigenvalue weighted by Gasteiger charge is -2.35. The van der Waals surface area contributed by atoms with Gasteiger partial charge in [-0.15, -0.1) is 11.3 Å². The predicted octanol–water partition coefficient (Wildman–Crippen LogP) is 3.47. The number of anilines is 1. The van der Waals surface area contributed by atoms with Crippen molar-refractivity contribution in [1.29, 1.82) is 0 Å². The van der Waals surface area contributed by atoms with Crippen molar-refractivity contribution in [2.75, 3.05) is 31.1 Å². The fraction of sp³-hybridized carbons (Fsp3) is 0.286. The number of rotatable bonds is 5. The van der Waals surface area contributed by atoms with Gasteiger partial charge in [-0.1, -0.05) is 6.08 Å². The van der Waals surface area contributed by atoms with E-state index >= 15 is 0 Å². The summed E-state index contributed by atoms with van der Waals surface area (Å²) in [4.78, 5) is 31.7. The number of thiophene rings is 1. The van der Waals surface area contributed by atoms with Crippen LogP contribution in [0.3, 0.4) is 0 Å². The summed E-state index contributed by atoms with van der Waals surface area (Å²) in [5.74, 6) is -0.807. The highest BCUT2D eigenvalue weighted by atomic mass is 32.1. The lowest BCUT2D eigenvalue weighted by atomic mass is 10.2. The molecule has 0 radical (unpaired) electrons. The van der Waals surface area contributed by atoms with Crippen LogP contribution in [-0.2, 0) is 9.59 Å². The first-order valence-electron chi connectivity index (χ1n) is 9.07. The van der Waals surface area contributed by atoms with Gasteiger partial charge in [-0.05, 0) is 47.7 Å². The van der Waals surface area contributed by atoms with E-state index in [0.29, 0.717) is 0 Å². The molecule has 0 aromatic carbocycles. The zero-order chi connectivity index (χ0) is 20.1. The number of carbonyl (C=O) groups is 2. The first kappa shape index (κ1) is 19.8. The first-order chi connectivity index (χ1) is 13.4. The number of amides is 1. The van der Waals surface area contributed by atoms with Gasteiger partial charge in [0, 0.05) is 44.1 Å². The lowest BCUT2D eigenvalue weighted by Crippen LogP contribution is -2.48. The molecule has 3 rings (SSSR count). The van der Waals surface area contributed by atoms with Crippen LogP contribution in [0.2, 0.25) is 0 Å². The second kappa shape index (κ2) is 8.84. The molecule has 146 valence electrons. The number of carboxylic acid groups (broad SMARTS) is 1. The standard InChI is InChI=1S/C21H23N3O3S/c1-15(11-21(26)27)20-12-17(14-28-20)3-4-18-5-6-19(13-22-18)24-9-7-23(8-10-24)16(2)25/h3-6,11-14H,7-10H2,1-2H3,(H,26,27)/b4-3?,15-11+. The van der Waals surface area contributed by atoms with Gasteiger partial charge >= 0.3 is 5.97 Å². The molecule has 0 spiro atoms. The molecule has 1 aliphatic rings. The van der Waals surface area contributed by atoms with Gasteiger partial charge in [-0.2, -0.15) is 0 Å². The number of hydrogen-bond acceptors (Lipinski definition) is 5. The van der Waals surface area contributed by atoms with Crippen molar-refractivity contribution >= 4 is 46.6 Å². The smallest absolute Gasteiger partial charge is 0.328 e. The highest BCUT2D eigenvalue weighted by Gasteiger charge is 2.18. The average Bonchev–Trinajstić information content (AvgIpc) is 3.16. The fourth-order valence-electron chi connectivity index (χ4n) is 3.05. The summed E-state index contributed by atoms with van der Waals surface area (Å²) in [7, 11) is 0. The van der Waals surface area contributed by atoms with Crippen LogP contribution in [-0.4, -0.2) is 53.0 Å². The molecule has 1 fully saturated rings. The summed E-state index contributed by atoms with van der Waals surface area (Å²) in [6, 6.07) is 6.00. The third-order valence-electron chi connectivity index (χ3n) is 4.66. The highest BCUT2D eigenvalue weighted by Crippen LogP contribution is 2.24. The summed E-state index contributed by atoms with van der Waals surface area (Å²) in [6.07, 6.45) is 7.00. The number of pyridine rings is 1. The van der Waals surface area contributed by atoms with E-state index in [2.05, 4.69) is 16.0 Å². The van der Waals surface area contributed by atoms with E-state index in [9.17, 15) is 9.59 Å². The Kier molecular flexibility index (Phi) is 6.26. The van der Waals surface area contributed by atoms with E-state index in [1.807, 2.05) is 40.8 Å². The Balaban J connectivity index is 1.61. The molecule has 2 aromatic heterocycles. The molecule has 1 amide bonds. The average molecular weight is 398 g/mol. The zero-order valence-electron chi connectivity index (χ0n) is 16.0. The minimum atomic E-state index is -0.935. The zero-order valence-corrected chi connectivity index (χ0v) is 16.8. The molecule has 0 aliphatic carbocycles. The van der Waals surface area contributed by atoms with Crippen LogP contribution >= 0.6 is 11.3 Å². The Hall–Kier alpha value is -2.93. The van der Waals surface area contributed by atoms with Crippen molar-refractivity contribution in [1.82, 2.24) is 9.88 Å². The number of piperazine rings is 1. The highest BCUT2D eigenvalue weighted by molar-refractivity contribution is 7.11. The fourth-order valence-corrected chi connectivity index (χ4v) is 3.90. The molecule has 0 unspecified atom stereocenters. The van der Waals surface area contributed by atoms with Gasteiger partial charge in [-0.3, -0.25) is 9.78 Å². The quantitative estimate of drug-likeness (QED) is 0.782. The molecule has 1 saturated heterocycles. The number of carbonyl (C=O) groups excluding carboxylic acids is 1. The summed E-state index contributed by atoms with van der Waals surface area (Å²) >= 11 is 1.52. The second-order valence-electron chi connectivity index (χ2n) is 6.68. The lowest BCUT2D eigenvalue weighted by molar-refractivity contribution is -0.131. The number of allylic oxidation sites excluding steroid dienone is 1. The van der Waals surface area contributed by atoms with Crippen LogP contribution in [0.25, 0.3) is 17.7 Å². The van der Waals surface area contributed by atoms with Crippen LogP contribution in [0.5, 0.6) is 0 Å². The molecule has 1 N–H and O–H groups in total. The van der Waals surface area contributed by atoms with E-state index in [1.54, 1.807) is 13.8 Å². The summed E-state index contributed by atoms with van der Waals surface area (Å²) in [5.41, 5.74) is 3.68. The summed E-state index contributed by atoms with van der Waals surface area (Å²) in [5, 5.41) is 10.8. The Morgan fingerprint density at radius 1 is 1.14 bits per heavy atom. The van der Waals surface area contributed by atoms with Crippen LogP contribution in [0.1, 0.15) is 30.0 Å². The molecule has 0 saturated carbocycles. The van der Waals surface area contributed by atoms with E-state index in [1.165, 1.54) is 17.4 Å². The van der Waals surface area contributed by atoms with Gasteiger partial charge in [0.25, 0.3) is 0 Å². The second-order valence-corrected chi connectivity index (χ2v) is 7.59. The van der Waals surface area contributed by atoms with E-state index in [4.69, 9.17) is 5.11 Å². The van der Waals surface area contributed by atoms with Gasteiger partial charge in [-0.25, -0.2) is 4.79 Å². The van der Waals surface area contributed by atoms with Crippen molar-refractivity contribution in [3.63, 3.8) is 0 Å². The van der Waals surface area contributed by atoms with Gasteiger partial charge in [0.2, 0.25) is 5.91 Å². The topological polar surface area (TPSA) is 73.7 Å². The maximum absolute atomic E-state index is 11.4. The Morgan fingerprint density at radius 2 is 1.89 bits per heavy atom. The first-order valence-corrected chi connectivity index (χ1v) is 9.95. The monoisotopic (exact) mass is 397 g/mol. The predicted molar refractivity (Wildman–Crippen MR) is 113 cm³/mol. The molecular weight excluding hydrogens is 374 g/mol. The van der Waals surface area contributed by atoms with Crippen LogP contribution in [0, 0.1) is 0 Å². The summed E-state index contributed by atoms with van der Waals surface area (Å²) in [6.45, 7) is 6.53. The van der Waals surface area contributed by atoms with Crippen molar-refractivity contribution in [3.8, 4) is 0 Å². The maximum Gasteiger partial charge on any atom is 0.328 e. The summed E-state index contributed by atoms with van der Waals surface area (Å²) < 4.78 is 0. The Labute approximate surface area is 168 Å². The molecule has 3 heterocycles. The molecule has 1 aliphatic heterocycles.